The predicted molar refractivity (Wildman–Crippen MR) is 99.5 cm³/mol. The van der Waals surface area contributed by atoms with E-state index in [1.807, 2.05) is 32.0 Å². The number of hydrogen-bond acceptors (Lipinski definition) is 3. The summed E-state index contributed by atoms with van der Waals surface area (Å²) in [6, 6.07) is 7.14. The lowest BCUT2D eigenvalue weighted by molar-refractivity contribution is 0.0717. The lowest BCUT2D eigenvalue weighted by atomic mass is 10.0. The molecule has 0 spiro atoms. The first-order chi connectivity index (χ1) is 13.5. The number of aromatic hydroxyl groups is 1. The van der Waals surface area contributed by atoms with E-state index in [1.54, 1.807) is 13.8 Å². The van der Waals surface area contributed by atoms with Crippen LogP contribution in [0.5, 0.6) is 11.5 Å². The molecule has 1 aromatic rings. The third-order valence-corrected chi connectivity index (χ3v) is 4.84. The van der Waals surface area contributed by atoms with Crippen LogP contribution in [0.25, 0.3) is 11.1 Å². The van der Waals surface area contributed by atoms with Crippen LogP contribution in [0.1, 0.15) is 46.8 Å². The van der Waals surface area contributed by atoms with Gasteiger partial charge in [-0.2, -0.15) is 17.6 Å². The Morgan fingerprint density at radius 3 is 2.07 bits per heavy atom. The van der Waals surface area contributed by atoms with Gasteiger partial charge < -0.3 is 9.84 Å². The number of fused-ring (bicyclic) bond motifs is 1. The van der Waals surface area contributed by atoms with Gasteiger partial charge in [0.2, 0.25) is 29.0 Å². The summed E-state index contributed by atoms with van der Waals surface area (Å²) in [5, 5.41) is 9.05. The van der Waals surface area contributed by atoms with Crippen LogP contribution in [-0.4, -0.2) is 11.1 Å². The minimum atomic E-state index is -2.04. The number of benzene rings is 1. The summed E-state index contributed by atoms with van der Waals surface area (Å²) in [4.78, 5) is 12.7. The van der Waals surface area contributed by atoms with Gasteiger partial charge >= 0.3 is 5.97 Å². The molecule has 0 radical (unpaired) electrons. The summed E-state index contributed by atoms with van der Waals surface area (Å²) < 4.78 is 59.7. The molecule has 0 saturated carbocycles. The maximum absolute atomic E-state index is 14.0. The summed E-state index contributed by atoms with van der Waals surface area (Å²) >= 11 is 0. The summed E-state index contributed by atoms with van der Waals surface area (Å²) in [5.74, 6) is -12.4. The molecular weight excluding hydrogens is 388 g/mol. The molecule has 0 fully saturated rings. The van der Waals surface area contributed by atoms with Gasteiger partial charge in [-0.25, -0.2) is 4.79 Å². The van der Waals surface area contributed by atoms with E-state index >= 15 is 0 Å². The van der Waals surface area contributed by atoms with Gasteiger partial charge in [-0.3, -0.25) is 0 Å². The van der Waals surface area contributed by atoms with Crippen molar-refractivity contribution in [1.29, 1.82) is 0 Å². The fourth-order valence-corrected chi connectivity index (χ4v) is 3.20. The Bertz CT molecular complexity index is 1080. The molecule has 1 N–H and O–H groups in total. The molecule has 0 amide bonds. The smallest absolute Gasteiger partial charge is 0.344 e. The molecule has 0 atom stereocenters. The van der Waals surface area contributed by atoms with Crippen molar-refractivity contribution in [3.8, 4) is 22.6 Å². The minimum Gasteiger partial charge on any atom is -0.503 e. The van der Waals surface area contributed by atoms with Gasteiger partial charge in [0, 0.05) is 0 Å². The molecule has 2 aliphatic carbocycles. The van der Waals surface area contributed by atoms with Crippen LogP contribution in [0, 0.1) is 37.1 Å². The van der Waals surface area contributed by atoms with Crippen LogP contribution in [-0.2, 0) is 0 Å². The van der Waals surface area contributed by atoms with E-state index in [0.717, 1.165) is 22.3 Å². The number of carbonyl (C=O) groups excluding carboxylic acids is 1. The highest BCUT2D eigenvalue weighted by Gasteiger charge is 2.30. The van der Waals surface area contributed by atoms with Crippen LogP contribution in [0.2, 0.25) is 0 Å². The van der Waals surface area contributed by atoms with E-state index in [2.05, 4.69) is 4.74 Å². The number of carbonyl (C=O) groups is 1. The van der Waals surface area contributed by atoms with E-state index in [9.17, 15) is 22.4 Å². The first kappa shape index (κ1) is 20.6. The Labute approximate surface area is 164 Å². The number of halogens is 4. The maximum Gasteiger partial charge on any atom is 0.344 e. The van der Waals surface area contributed by atoms with Crippen molar-refractivity contribution in [3.63, 3.8) is 0 Å². The summed E-state index contributed by atoms with van der Waals surface area (Å²) in [7, 11) is 0. The highest BCUT2D eigenvalue weighted by molar-refractivity contribution is 6.02. The molecule has 0 bridgehead atoms. The highest BCUT2D eigenvalue weighted by atomic mass is 19.2. The number of rotatable bonds is 3. The predicted octanol–water partition coefficient (Wildman–Crippen LogP) is 6.01. The second-order valence-electron chi connectivity index (χ2n) is 7.17. The molecule has 7 heteroatoms. The summed E-state index contributed by atoms with van der Waals surface area (Å²) in [6.45, 7) is 7.57. The molecule has 152 valence electrons. The molecule has 0 saturated heterocycles. The number of phenols is 1. The van der Waals surface area contributed by atoms with Gasteiger partial charge in [-0.1, -0.05) is 32.0 Å². The van der Waals surface area contributed by atoms with Crippen LogP contribution in [0.15, 0.2) is 24.3 Å². The second-order valence-corrected chi connectivity index (χ2v) is 7.17. The largest absolute Gasteiger partial charge is 0.503 e. The number of aryl methyl sites for hydroxylation is 2. The van der Waals surface area contributed by atoms with Crippen molar-refractivity contribution in [2.45, 2.75) is 33.6 Å². The number of hydrogen-bond donors (Lipinski definition) is 1. The minimum absolute atomic E-state index is 0.00796. The van der Waals surface area contributed by atoms with Crippen molar-refractivity contribution in [3.05, 3.63) is 69.8 Å². The lowest BCUT2D eigenvalue weighted by Gasteiger charge is -2.10. The van der Waals surface area contributed by atoms with Crippen molar-refractivity contribution in [1.82, 2.24) is 0 Å². The molecule has 3 rings (SSSR count). The zero-order valence-corrected chi connectivity index (χ0v) is 16.2. The topological polar surface area (TPSA) is 46.5 Å². The molecule has 29 heavy (non-hydrogen) atoms. The quantitative estimate of drug-likeness (QED) is 0.251. The SMILES string of the molecule is Cc1cc(C(=O)Oc2c(F)c(F)c(O)c(F)c2F)c2c(C)ccc(C(C)C)cc1-2. The first-order valence-electron chi connectivity index (χ1n) is 8.85. The van der Waals surface area contributed by atoms with E-state index in [1.165, 1.54) is 6.07 Å². The molecule has 1 aromatic carbocycles. The van der Waals surface area contributed by atoms with Gasteiger partial charge in [-0.15, -0.1) is 0 Å². The number of ether oxygens (including phenoxy) is 1. The third kappa shape index (κ3) is 3.41. The Balaban J connectivity index is 2.12. The van der Waals surface area contributed by atoms with Gasteiger partial charge in [0.05, 0.1) is 5.56 Å². The average Bonchev–Trinajstić information content (AvgIpc) is 2.89. The molecule has 3 nitrogen and oxygen atoms in total. The fourth-order valence-electron chi connectivity index (χ4n) is 3.20. The molecule has 0 unspecified atom stereocenters. The number of phenolic OH excluding ortho intramolecular Hbond substituents is 1. The fraction of sp³-hybridized carbons (Fsp3) is 0.227. The molecular formula is C22H18F4O3. The van der Waals surface area contributed by atoms with Crippen molar-refractivity contribution in [2.24, 2.45) is 0 Å². The average molecular weight is 406 g/mol. The van der Waals surface area contributed by atoms with Gasteiger partial charge in [0.1, 0.15) is 0 Å². The van der Waals surface area contributed by atoms with Crippen molar-refractivity contribution < 1.29 is 32.2 Å². The maximum atomic E-state index is 14.0. The molecule has 0 aliphatic heterocycles. The standard InChI is InChI=1S/C22H18F4O3/c1-9(2)12-6-5-10(3)15-13(8-12)11(4)7-14(15)22(28)29-21-18(25)16(23)20(27)17(24)19(21)26/h5-9,27H,1-4H3. The third-order valence-electron chi connectivity index (χ3n) is 4.84. The number of esters is 1. The zero-order valence-electron chi connectivity index (χ0n) is 16.2. The monoisotopic (exact) mass is 406 g/mol. The van der Waals surface area contributed by atoms with Crippen LogP contribution in [0.4, 0.5) is 17.6 Å². The normalized spacial score (nSPS) is 11.3. The lowest BCUT2D eigenvalue weighted by Crippen LogP contribution is -2.13. The van der Waals surface area contributed by atoms with Gasteiger partial charge in [0.25, 0.3) is 0 Å². The first-order valence-corrected chi connectivity index (χ1v) is 8.85. The van der Waals surface area contributed by atoms with Crippen LogP contribution in [0.3, 0.4) is 0 Å². The van der Waals surface area contributed by atoms with Crippen LogP contribution < -0.4 is 4.74 Å². The Morgan fingerprint density at radius 1 is 0.931 bits per heavy atom. The second kappa shape index (κ2) is 7.39. The Hall–Kier alpha value is -3.09. The highest BCUT2D eigenvalue weighted by Crippen LogP contribution is 2.38. The van der Waals surface area contributed by atoms with E-state index in [0.29, 0.717) is 5.56 Å². The van der Waals surface area contributed by atoms with E-state index in [-0.39, 0.29) is 11.5 Å². The van der Waals surface area contributed by atoms with Crippen molar-refractivity contribution in [2.75, 3.05) is 0 Å². The molecule has 2 aliphatic rings. The Morgan fingerprint density at radius 2 is 1.52 bits per heavy atom. The van der Waals surface area contributed by atoms with Gasteiger partial charge in [-0.05, 0) is 53.6 Å². The summed E-state index contributed by atoms with van der Waals surface area (Å²) in [5.41, 5.74) is 3.75. The zero-order chi connectivity index (χ0) is 21.6. The van der Waals surface area contributed by atoms with Crippen LogP contribution >= 0.6 is 0 Å². The van der Waals surface area contributed by atoms with E-state index in [4.69, 9.17) is 5.11 Å². The van der Waals surface area contributed by atoms with Crippen molar-refractivity contribution >= 4 is 5.97 Å². The molecule has 0 aromatic heterocycles. The summed E-state index contributed by atoms with van der Waals surface area (Å²) in [6.07, 6.45) is 0. The Kier molecular flexibility index (Phi) is 5.26. The van der Waals surface area contributed by atoms with Gasteiger partial charge in [0.15, 0.2) is 5.75 Å². The molecule has 0 heterocycles. The van der Waals surface area contributed by atoms with E-state index < -0.39 is 40.7 Å².